The number of hydrogen-bond acceptors (Lipinski definition) is 12. The Bertz CT molecular complexity index is 2560. The Morgan fingerprint density at radius 3 is 1.79 bits per heavy atom. The highest BCUT2D eigenvalue weighted by Gasteiger charge is 2.64. The van der Waals surface area contributed by atoms with E-state index in [4.69, 9.17) is 33.9 Å². The minimum Gasteiger partial charge on any atom is -0.496 e. The Kier molecular flexibility index (Phi) is 17.8. The number of carbonyl (C=O) groups excluding carboxylic acids is 5. The maximum atomic E-state index is 14.4. The molecule has 2 aromatic heterocycles. The van der Waals surface area contributed by atoms with Gasteiger partial charge in [-0.2, -0.15) is 10.2 Å². The number of likely N-dealkylation sites (N-methyl/N-ethyl adjacent to an activating group) is 1. The summed E-state index contributed by atoms with van der Waals surface area (Å²) in [4.78, 5) is 70.6. The van der Waals surface area contributed by atoms with Crippen molar-refractivity contribution in [3.63, 3.8) is 0 Å². The van der Waals surface area contributed by atoms with Crippen LogP contribution in [-0.2, 0) is 32.2 Å². The van der Waals surface area contributed by atoms with Crippen LogP contribution in [0.5, 0.6) is 23.0 Å². The summed E-state index contributed by atoms with van der Waals surface area (Å²) in [5.41, 5.74) is 1.88. The van der Waals surface area contributed by atoms with Crippen molar-refractivity contribution in [3.05, 3.63) is 59.9 Å². The summed E-state index contributed by atoms with van der Waals surface area (Å²) < 4.78 is 31.6. The van der Waals surface area contributed by atoms with Crippen LogP contribution in [-0.4, -0.2) is 122 Å². The standard InChI is InChI=1S/C55H76N8O10/c1-33(2)31-62-41(48-43(69-6)21-15-22-44(48)70-7)27-39(59-62)51(65)57-50(53(67)56-30-47(64)73-10)37-20-14-17-35(26-37)25-34(3)32-63-42(49-45(71-8)23-16-24-46(49)72-9)28-40(60-63)52(66)58-55(54(68)61(4)5)29-38(55)36-18-12-11-13-19-36/h15-16,21-24,27-28,33-38,50H,11-14,17-20,25-26,29-32H2,1-10H3,(H,56,67)(H,57,65)(H,58,66)/t34?,35?,37?,38?,50-,55?/m0/s1. The van der Waals surface area contributed by atoms with Crippen molar-refractivity contribution in [3.8, 4) is 45.5 Å². The number of esters is 1. The number of aromatic nitrogens is 4. The molecule has 3 N–H and O–H groups in total. The van der Waals surface area contributed by atoms with E-state index in [1.54, 1.807) is 64.2 Å². The highest BCUT2D eigenvalue weighted by molar-refractivity contribution is 6.01. The summed E-state index contributed by atoms with van der Waals surface area (Å²) in [6.45, 7) is 6.82. The van der Waals surface area contributed by atoms with Crippen molar-refractivity contribution in [1.29, 1.82) is 0 Å². The topological polar surface area (TPSA) is 206 Å². The predicted octanol–water partition coefficient (Wildman–Crippen LogP) is 7.18. The number of nitrogens with one attached hydrogen (secondary N) is 3. The van der Waals surface area contributed by atoms with Crippen LogP contribution in [0.2, 0.25) is 0 Å². The number of rotatable bonds is 22. The van der Waals surface area contributed by atoms with Crippen LogP contribution in [0.15, 0.2) is 48.5 Å². The minimum absolute atomic E-state index is 0.0243. The first-order valence-corrected chi connectivity index (χ1v) is 25.8. The molecule has 0 bridgehead atoms. The summed E-state index contributed by atoms with van der Waals surface area (Å²) in [5.74, 6) is 0.598. The van der Waals surface area contributed by atoms with Crippen LogP contribution in [0.4, 0.5) is 0 Å². The molecule has 0 radical (unpaired) electrons. The molecule has 3 aliphatic carbocycles. The average molecular weight is 1010 g/mol. The molecule has 18 nitrogen and oxygen atoms in total. The summed E-state index contributed by atoms with van der Waals surface area (Å²) in [6.07, 6.45) is 9.93. The molecule has 3 fully saturated rings. The van der Waals surface area contributed by atoms with Gasteiger partial charge in [0.15, 0.2) is 11.4 Å². The van der Waals surface area contributed by atoms with Crippen LogP contribution in [0.3, 0.4) is 0 Å². The van der Waals surface area contributed by atoms with Crippen LogP contribution < -0.4 is 34.9 Å². The Hall–Kier alpha value is -6.59. The van der Waals surface area contributed by atoms with E-state index in [1.165, 1.54) is 13.5 Å². The fourth-order valence-corrected chi connectivity index (χ4v) is 11.5. The summed E-state index contributed by atoms with van der Waals surface area (Å²) in [5, 5.41) is 18.7. The van der Waals surface area contributed by atoms with Gasteiger partial charge in [0.25, 0.3) is 11.8 Å². The van der Waals surface area contributed by atoms with Crippen molar-refractivity contribution in [2.45, 2.75) is 116 Å². The van der Waals surface area contributed by atoms with Gasteiger partial charge in [-0.15, -0.1) is 0 Å². The van der Waals surface area contributed by atoms with Gasteiger partial charge >= 0.3 is 5.97 Å². The molecule has 18 heteroatoms. The maximum Gasteiger partial charge on any atom is 0.325 e. The lowest BCUT2D eigenvalue weighted by molar-refractivity contribution is -0.141. The summed E-state index contributed by atoms with van der Waals surface area (Å²) >= 11 is 0. The van der Waals surface area contributed by atoms with Gasteiger partial charge in [-0.05, 0) is 97.6 Å². The molecule has 7 rings (SSSR count). The second kappa shape index (κ2) is 24.0. The molecule has 2 heterocycles. The average Bonchev–Trinajstić information content (AvgIpc) is 3.73. The van der Waals surface area contributed by atoms with E-state index < -0.39 is 35.3 Å². The van der Waals surface area contributed by atoms with Gasteiger partial charge in [-0.1, -0.05) is 77.8 Å². The second-order valence-electron chi connectivity index (χ2n) is 20.9. The highest BCUT2D eigenvalue weighted by atomic mass is 16.5. The number of benzene rings is 2. The van der Waals surface area contributed by atoms with Crippen molar-refractivity contribution < 1.29 is 47.7 Å². The zero-order valence-electron chi connectivity index (χ0n) is 44.4. The monoisotopic (exact) mass is 1010 g/mol. The number of carbonyl (C=O) groups is 5. The Balaban J connectivity index is 1.13. The number of ether oxygens (including phenoxy) is 5. The molecule has 0 saturated heterocycles. The van der Waals surface area contributed by atoms with E-state index >= 15 is 0 Å². The van der Waals surface area contributed by atoms with Gasteiger partial charge in [-0.25, -0.2) is 0 Å². The van der Waals surface area contributed by atoms with E-state index in [-0.39, 0.29) is 53.4 Å². The zero-order valence-corrected chi connectivity index (χ0v) is 44.4. The molecule has 2 aromatic carbocycles. The zero-order chi connectivity index (χ0) is 52.6. The molecule has 4 amide bonds. The first-order valence-electron chi connectivity index (χ1n) is 25.8. The SMILES string of the molecule is COC(=O)CNC(=O)[C@@H](NC(=O)c1cc(-c2c(OC)cccc2OC)n(CC(C)C)n1)C1CCCC(CC(C)Cn2nc(C(=O)NC3(C(=O)N(C)C)CC3C3CCCCC3)cc2-c2c(OC)cccc2OC)C1. The Labute approximate surface area is 429 Å². The van der Waals surface area contributed by atoms with Crippen LogP contribution in [0.1, 0.15) is 112 Å². The normalized spacial score (nSPS) is 20.6. The van der Waals surface area contributed by atoms with E-state index in [2.05, 4.69) is 36.7 Å². The first kappa shape index (κ1) is 54.2. The number of methoxy groups -OCH3 is 5. The van der Waals surface area contributed by atoms with Gasteiger partial charge in [0, 0.05) is 27.2 Å². The molecular weight excluding hydrogens is 933 g/mol. The lowest BCUT2D eigenvalue weighted by Gasteiger charge is -2.35. The molecule has 0 spiro atoms. The molecule has 73 heavy (non-hydrogen) atoms. The van der Waals surface area contributed by atoms with Gasteiger partial charge in [-0.3, -0.25) is 33.3 Å². The number of hydrogen-bond donors (Lipinski definition) is 3. The first-order chi connectivity index (χ1) is 35.0. The third-order valence-corrected chi connectivity index (χ3v) is 15.0. The minimum atomic E-state index is -0.988. The fraction of sp³-hybridized carbons (Fsp3) is 0.582. The molecule has 4 aromatic rings. The van der Waals surface area contributed by atoms with Crippen LogP contribution >= 0.6 is 0 Å². The maximum absolute atomic E-state index is 14.4. The Morgan fingerprint density at radius 2 is 1.27 bits per heavy atom. The molecule has 5 unspecified atom stereocenters. The smallest absolute Gasteiger partial charge is 0.325 e. The summed E-state index contributed by atoms with van der Waals surface area (Å²) in [6, 6.07) is 13.4. The molecule has 3 aliphatic rings. The van der Waals surface area contributed by atoms with Crippen molar-refractivity contribution in [1.82, 2.24) is 40.4 Å². The lowest BCUT2D eigenvalue weighted by atomic mass is 9.74. The van der Waals surface area contributed by atoms with Gasteiger partial charge in [0.05, 0.1) is 58.1 Å². The molecule has 3 saturated carbocycles. The van der Waals surface area contributed by atoms with E-state index in [1.807, 2.05) is 41.1 Å². The predicted molar refractivity (Wildman–Crippen MR) is 275 cm³/mol. The second-order valence-corrected chi connectivity index (χ2v) is 20.9. The lowest BCUT2D eigenvalue weighted by Crippen LogP contribution is -2.52. The number of nitrogens with zero attached hydrogens (tertiary/aromatic N) is 5. The quantitative estimate of drug-likeness (QED) is 0.0670. The van der Waals surface area contributed by atoms with Gasteiger partial charge < -0.3 is 44.5 Å². The van der Waals surface area contributed by atoms with Gasteiger partial charge in [0.2, 0.25) is 11.8 Å². The number of amides is 4. The van der Waals surface area contributed by atoms with Crippen molar-refractivity contribution in [2.24, 2.45) is 35.5 Å². The van der Waals surface area contributed by atoms with Crippen LogP contribution in [0, 0.1) is 35.5 Å². The van der Waals surface area contributed by atoms with Gasteiger partial charge in [0.1, 0.15) is 41.1 Å². The molecule has 6 atom stereocenters. The molecular formula is C55H76N8O10. The van der Waals surface area contributed by atoms with Crippen LogP contribution in [0.25, 0.3) is 22.5 Å². The van der Waals surface area contributed by atoms with E-state index in [9.17, 15) is 24.0 Å². The Morgan fingerprint density at radius 1 is 0.726 bits per heavy atom. The van der Waals surface area contributed by atoms with Crippen molar-refractivity contribution in [2.75, 3.05) is 56.2 Å². The third kappa shape index (κ3) is 12.3. The van der Waals surface area contributed by atoms with E-state index in [0.717, 1.165) is 44.9 Å². The summed E-state index contributed by atoms with van der Waals surface area (Å²) in [7, 11) is 11.0. The highest BCUT2D eigenvalue weighted by Crippen LogP contribution is 2.54. The van der Waals surface area contributed by atoms with E-state index in [0.29, 0.717) is 83.8 Å². The van der Waals surface area contributed by atoms with Crippen molar-refractivity contribution >= 4 is 29.6 Å². The third-order valence-electron chi connectivity index (χ3n) is 15.0. The molecule has 396 valence electrons. The molecule has 0 aliphatic heterocycles. The fourth-order valence-electron chi connectivity index (χ4n) is 11.5. The largest absolute Gasteiger partial charge is 0.496 e.